The van der Waals surface area contributed by atoms with Gasteiger partial charge in [-0.15, -0.1) is 15.3 Å². The highest BCUT2D eigenvalue weighted by molar-refractivity contribution is 5.78. The fraction of sp³-hybridized carbons (Fsp3) is 0.700. The molecule has 0 bridgehead atoms. The molecule has 8 heteroatoms. The summed E-state index contributed by atoms with van der Waals surface area (Å²) in [5, 5.41) is 15.6. The number of carbonyl (C=O) groups is 1. The third-order valence-corrected chi connectivity index (χ3v) is 6.03. The molecule has 1 amide bonds. The fourth-order valence-corrected chi connectivity index (χ4v) is 4.41. The number of anilines is 1. The molecule has 2 aliphatic heterocycles. The van der Waals surface area contributed by atoms with Crippen molar-refractivity contribution in [3.05, 3.63) is 18.5 Å². The summed E-state index contributed by atoms with van der Waals surface area (Å²) in [5.74, 6) is 2.06. The lowest BCUT2D eigenvalue weighted by molar-refractivity contribution is -0.125. The second-order valence-corrected chi connectivity index (χ2v) is 8.28. The van der Waals surface area contributed by atoms with Gasteiger partial charge in [0.1, 0.15) is 12.1 Å². The minimum Gasteiger partial charge on any atom is -0.356 e. The summed E-state index contributed by atoms with van der Waals surface area (Å²) >= 11 is 0. The first-order valence-corrected chi connectivity index (χ1v) is 10.6. The number of nitrogens with one attached hydrogen (secondary N) is 1. The number of fused-ring (bicyclic) bond motifs is 1. The average molecular weight is 386 g/mol. The van der Waals surface area contributed by atoms with Gasteiger partial charge in [0.2, 0.25) is 5.91 Å². The van der Waals surface area contributed by atoms with E-state index in [2.05, 4.69) is 37.3 Å². The summed E-state index contributed by atoms with van der Waals surface area (Å²) in [5.41, 5.74) is 0.747. The Kier molecular flexibility index (Phi) is 6.04. The predicted molar refractivity (Wildman–Crippen MR) is 108 cm³/mol. The predicted octanol–water partition coefficient (Wildman–Crippen LogP) is 1.58. The van der Waals surface area contributed by atoms with Crippen LogP contribution in [0.1, 0.15) is 39.0 Å². The van der Waals surface area contributed by atoms with Crippen molar-refractivity contribution in [2.45, 2.75) is 39.0 Å². The number of carbonyl (C=O) groups excluding carboxylic acids is 1. The Morgan fingerprint density at radius 2 is 2.07 bits per heavy atom. The monoisotopic (exact) mass is 385 g/mol. The van der Waals surface area contributed by atoms with Crippen LogP contribution in [-0.2, 0) is 4.79 Å². The zero-order chi connectivity index (χ0) is 19.3. The van der Waals surface area contributed by atoms with Crippen molar-refractivity contribution in [2.75, 3.05) is 44.2 Å². The molecular weight excluding hydrogens is 354 g/mol. The molecule has 0 aliphatic carbocycles. The van der Waals surface area contributed by atoms with Gasteiger partial charge in [0, 0.05) is 32.1 Å². The Balaban J connectivity index is 1.17. The summed E-state index contributed by atoms with van der Waals surface area (Å²) in [6.45, 7) is 8.35. The molecule has 152 valence electrons. The lowest BCUT2D eigenvalue weighted by atomic mass is 9.96. The zero-order valence-electron chi connectivity index (χ0n) is 16.8. The summed E-state index contributed by atoms with van der Waals surface area (Å²) in [6.07, 6.45) is 7.07. The number of hydrogen-bond acceptors (Lipinski definition) is 6. The van der Waals surface area contributed by atoms with Gasteiger partial charge in [-0.05, 0) is 63.2 Å². The molecule has 1 unspecified atom stereocenters. The van der Waals surface area contributed by atoms with Crippen LogP contribution in [0.15, 0.2) is 18.5 Å². The topological polar surface area (TPSA) is 78.7 Å². The Hall–Kier alpha value is -2.22. The lowest BCUT2D eigenvalue weighted by Gasteiger charge is -2.32. The van der Waals surface area contributed by atoms with Gasteiger partial charge in [0.25, 0.3) is 0 Å². The van der Waals surface area contributed by atoms with E-state index in [0.717, 1.165) is 62.8 Å². The largest absolute Gasteiger partial charge is 0.356 e. The molecule has 2 saturated heterocycles. The van der Waals surface area contributed by atoms with E-state index in [1.807, 2.05) is 12.1 Å². The highest BCUT2D eigenvalue weighted by atomic mass is 16.1. The summed E-state index contributed by atoms with van der Waals surface area (Å²) in [7, 11) is 0. The van der Waals surface area contributed by atoms with E-state index in [9.17, 15) is 4.79 Å². The Labute approximate surface area is 166 Å². The van der Waals surface area contributed by atoms with Gasteiger partial charge >= 0.3 is 0 Å². The first-order chi connectivity index (χ1) is 13.7. The summed E-state index contributed by atoms with van der Waals surface area (Å²) in [4.78, 5) is 17.3. The molecule has 1 N–H and O–H groups in total. The first kappa shape index (κ1) is 19.1. The van der Waals surface area contributed by atoms with Crippen molar-refractivity contribution >= 4 is 17.4 Å². The van der Waals surface area contributed by atoms with Crippen LogP contribution < -0.4 is 10.2 Å². The fourth-order valence-electron chi connectivity index (χ4n) is 4.41. The summed E-state index contributed by atoms with van der Waals surface area (Å²) in [6, 6.07) is 3.91. The van der Waals surface area contributed by atoms with E-state index in [0.29, 0.717) is 0 Å². The smallest absolute Gasteiger partial charge is 0.223 e. The normalized spacial score (nSPS) is 21.9. The van der Waals surface area contributed by atoms with Gasteiger partial charge < -0.3 is 15.1 Å². The molecular formula is C20H31N7O. The third-order valence-electron chi connectivity index (χ3n) is 6.03. The van der Waals surface area contributed by atoms with Crippen LogP contribution in [0.2, 0.25) is 0 Å². The van der Waals surface area contributed by atoms with Crippen LogP contribution in [0.5, 0.6) is 0 Å². The summed E-state index contributed by atoms with van der Waals surface area (Å²) < 4.78 is 1.69. The highest BCUT2D eigenvalue weighted by Crippen LogP contribution is 2.22. The maximum atomic E-state index is 12.5. The van der Waals surface area contributed by atoms with Crippen LogP contribution >= 0.6 is 0 Å². The lowest BCUT2D eigenvalue weighted by Crippen LogP contribution is -2.42. The van der Waals surface area contributed by atoms with Crippen LogP contribution in [0.4, 0.5) is 5.82 Å². The van der Waals surface area contributed by atoms with Crippen molar-refractivity contribution in [2.24, 2.45) is 11.8 Å². The molecule has 4 heterocycles. The van der Waals surface area contributed by atoms with Crippen LogP contribution in [0, 0.1) is 11.8 Å². The standard InChI is InChI=1S/C20H31N7O/c1-16-4-2-10-25(14-16)11-3-9-21-20(28)17-7-12-26(13-8-17)19-6-5-18-23-22-15-27(18)24-19/h5-6,15-17H,2-4,7-14H2,1H3,(H,21,28). The van der Waals surface area contributed by atoms with E-state index in [1.165, 1.54) is 25.9 Å². The van der Waals surface area contributed by atoms with E-state index in [-0.39, 0.29) is 11.8 Å². The minimum absolute atomic E-state index is 0.116. The maximum absolute atomic E-state index is 12.5. The number of nitrogens with zero attached hydrogens (tertiary/aromatic N) is 6. The molecule has 2 aliphatic rings. The molecule has 0 radical (unpaired) electrons. The second kappa shape index (κ2) is 8.86. The van der Waals surface area contributed by atoms with E-state index >= 15 is 0 Å². The van der Waals surface area contributed by atoms with Crippen molar-refractivity contribution in [1.82, 2.24) is 30.0 Å². The van der Waals surface area contributed by atoms with Gasteiger partial charge in [-0.1, -0.05) is 6.92 Å². The van der Waals surface area contributed by atoms with Crippen molar-refractivity contribution in [3.63, 3.8) is 0 Å². The highest BCUT2D eigenvalue weighted by Gasteiger charge is 2.25. The number of likely N-dealkylation sites (tertiary alicyclic amines) is 1. The maximum Gasteiger partial charge on any atom is 0.223 e. The van der Waals surface area contributed by atoms with E-state index in [1.54, 1.807) is 10.8 Å². The van der Waals surface area contributed by atoms with Crippen molar-refractivity contribution < 1.29 is 4.79 Å². The average Bonchev–Trinajstić information content (AvgIpc) is 3.19. The van der Waals surface area contributed by atoms with Gasteiger partial charge in [-0.2, -0.15) is 4.52 Å². The van der Waals surface area contributed by atoms with Crippen LogP contribution in [0.25, 0.3) is 5.65 Å². The number of amides is 1. The van der Waals surface area contributed by atoms with Crippen molar-refractivity contribution in [1.29, 1.82) is 0 Å². The number of hydrogen-bond donors (Lipinski definition) is 1. The quantitative estimate of drug-likeness (QED) is 0.761. The SMILES string of the molecule is CC1CCCN(CCCNC(=O)C2CCN(c3ccc4nncn4n3)CC2)C1. The molecule has 2 fully saturated rings. The Bertz CT molecular complexity index is 784. The van der Waals surface area contributed by atoms with Gasteiger partial charge in [0.15, 0.2) is 5.65 Å². The number of aromatic nitrogens is 4. The number of piperidine rings is 2. The molecule has 28 heavy (non-hydrogen) atoms. The molecule has 0 saturated carbocycles. The van der Waals surface area contributed by atoms with Crippen LogP contribution in [0.3, 0.4) is 0 Å². The molecule has 0 aromatic carbocycles. The van der Waals surface area contributed by atoms with Gasteiger partial charge in [-0.25, -0.2) is 0 Å². The third kappa shape index (κ3) is 4.60. The Morgan fingerprint density at radius 3 is 2.89 bits per heavy atom. The van der Waals surface area contributed by atoms with Crippen LogP contribution in [-0.4, -0.2) is 69.9 Å². The molecule has 0 spiro atoms. The Morgan fingerprint density at radius 1 is 1.21 bits per heavy atom. The molecule has 2 aromatic rings. The van der Waals surface area contributed by atoms with Gasteiger partial charge in [0.05, 0.1) is 0 Å². The minimum atomic E-state index is 0.116. The number of rotatable bonds is 6. The molecule has 2 aromatic heterocycles. The molecule has 1 atom stereocenters. The second-order valence-electron chi connectivity index (χ2n) is 8.28. The first-order valence-electron chi connectivity index (χ1n) is 10.6. The molecule has 8 nitrogen and oxygen atoms in total. The van der Waals surface area contributed by atoms with Crippen molar-refractivity contribution in [3.8, 4) is 0 Å². The van der Waals surface area contributed by atoms with E-state index in [4.69, 9.17) is 0 Å². The van der Waals surface area contributed by atoms with E-state index < -0.39 is 0 Å². The zero-order valence-corrected chi connectivity index (χ0v) is 16.8. The molecule has 4 rings (SSSR count). The van der Waals surface area contributed by atoms with Gasteiger partial charge in [-0.3, -0.25) is 4.79 Å².